The molecule has 0 aliphatic heterocycles. The molecule has 0 aliphatic rings. The van der Waals surface area contributed by atoms with Crippen molar-refractivity contribution in [3.8, 4) is 5.75 Å². The topological polar surface area (TPSA) is 34.2 Å². The van der Waals surface area contributed by atoms with Crippen molar-refractivity contribution < 1.29 is 4.74 Å². The van der Waals surface area contributed by atoms with E-state index in [-0.39, 0.29) is 0 Å². The van der Waals surface area contributed by atoms with Crippen LogP contribution in [-0.4, -0.2) is 18.6 Å². The van der Waals surface area contributed by atoms with Gasteiger partial charge in [-0.25, -0.2) is 0 Å². The van der Waals surface area contributed by atoms with Gasteiger partial charge in [0.2, 0.25) is 0 Å². The van der Waals surface area contributed by atoms with Crippen molar-refractivity contribution in [3.05, 3.63) is 24.0 Å². The highest BCUT2D eigenvalue weighted by atomic mass is 16.5. The van der Waals surface area contributed by atoms with Crippen molar-refractivity contribution in [2.75, 3.05) is 13.7 Å². The van der Waals surface area contributed by atoms with Gasteiger partial charge >= 0.3 is 0 Å². The summed E-state index contributed by atoms with van der Waals surface area (Å²) in [6, 6.07) is 2.44. The highest BCUT2D eigenvalue weighted by Crippen LogP contribution is 2.26. The molecule has 0 spiro atoms. The molecule has 1 heterocycles. The van der Waals surface area contributed by atoms with Crippen LogP contribution in [0.3, 0.4) is 0 Å². The summed E-state index contributed by atoms with van der Waals surface area (Å²) in [7, 11) is 1.68. The first kappa shape index (κ1) is 14.0. The summed E-state index contributed by atoms with van der Waals surface area (Å²) >= 11 is 0. The molecular weight excluding hydrogens is 212 g/mol. The van der Waals surface area contributed by atoms with Gasteiger partial charge in [0.05, 0.1) is 13.3 Å². The number of hydrogen-bond acceptors (Lipinski definition) is 3. The lowest BCUT2D eigenvalue weighted by Gasteiger charge is -2.24. The highest BCUT2D eigenvalue weighted by molar-refractivity contribution is 5.26. The minimum atomic E-state index is 0.363. The van der Waals surface area contributed by atoms with E-state index in [4.69, 9.17) is 4.74 Å². The molecule has 0 saturated heterocycles. The Morgan fingerprint density at radius 2 is 2.12 bits per heavy atom. The summed E-state index contributed by atoms with van der Waals surface area (Å²) < 4.78 is 5.23. The molecule has 1 aromatic rings. The lowest BCUT2D eigenvalue weighted by Crippen LogP contribution is -2.27. The standard InChI is InChI=1S/C14H24N2O/c1-5-7-16-14(11(3)6-2)12-8-13(17-4)10-15-9-12/h8-11,14,16H,5-7H2,1-4H3. The van der Waals surface area contributed by atoms with E-state index in [9.17, 15) is 0 Å². The molecule has 96 valence electrons. The summed E-state index contributed by atoms with van der Waals surface area (Å²) in [5.74, 6) is 1.42. The van der Waals surface area contributed by atoms with E-state index in [1.54, 1.807) is 13.3 Å². The summed E-state index contributed by atoms with van der Waals surface area (Å²) in [4.78, 5) is 4.24. The van der Waals surface area contributed by atoms with Crippen LogP contribution in [0.15, 0.2) is 18.5 Å². The van der Waals surface area contributed by atoms with Crippen LogP contribution >= 0.6 is 0 Å². The van der Waals surface area contributed by atoms with Gasteiger partial charge in [0.15, 0.2) is 0 Å². The summed E-state index contributed by atoms with van der Waals surface area (Å²) in [6.45, 7) is 7.71. The Hall–Kier alpha value is -1.09. The van der Waals surface area contributed by atoms with Crippen LogP contribution in [0.1, 0.15) is 45.2 Å². The second-order valence-electron chi connectivity index (χ2n) is 4.48. The highest BCUT2D eigenvalue weighted by Gasteiger charge is 2.17. The molecule has 0 aliphatic carbocycles. The van der Waals surface area contributed by atoms with Crippen LogP contribution in [0.2, 0.25) is 0 Å². The first-order valence-electron chi connectivity index (χ1n) is 6.45. The molecular formula is C14H24N2O. The van der Waals surface area contributed by atoms with Crippen molar-refractivity contribution >= 4 is 0 Å². The van der Waals surface area contributed by atoms with Crippen molar-refractivity contribution in [2.24, 2.45) is 5.92 Å². The Labute approximate surface area is 105 Å². The van der Waals surface area contributed by atoms with Gasteiger partial charge in [-0.2, -0.15) is 0 Å². The van der Waals surface area contributed by atoms with Crippen LogP contribution in [0.4, 0.5) is 0 Å². The van der Waals surface area contributed by atoms with Crippen molar-refractivity contribution in [2.45, 2.75) is 39.7 Å². The average molecular weight is 236 g/mol. The van der Waals surface area contributed by atoms with E-state index in [0.717, 1.165) is 25.1 Å². The predicted octanol–water partition coefficient (Wildman–Crippen LogP) is 3.18. The lowest BCUT2D eigenvalue weighted by molar-refractivity contribution is 0.371. The largest absolute Gasteiger partial charge is 0.495 e. The van der Waals surface area contributed by atoms with Gasteiger partial charge < -0.3 is 10.1 Å². The lowest BCUT2D eigenvalue weighted by atomic mass is 9.93. The number of nitrogens with zero attached hydrogens (tertiary/aromatic N) is 1. The SMILES string of the molecule is CCCNC(c1cncc(OC)c1)C(C)CC. The zero-order valence-electron chi connectivity index (χ0n) is 11.4. The van der Waals surface area contributed by atoms with Crippen LogP contribution in [0.5, 0.6) is 5.75 Å². The van der Waals surface area contributed by atoms with Crippen LogP contribution in [-0.2, 0) is 0 Å². The zero-order valence-corrected chi connectivity index (χ0v) is 11.4. The molecule has 2 unspecified atom stereocenters. The van der Waals surface area contributed by atoms with Gasteiger partial charge in [0.1, 0.15) is 5.75 Å². The summed E-state index contributed by atoms with van der Waals surface area (Å²) in [5, 5.41) is 3.59. The predicted molar refractivity (Wildman–Crippen MR) is 71.3 cm³/mol. The molecule has 0 radical (unpaired) electrons. The first-order chi connectivity index (χ1) is 8.22. The number of ether oxygens (including phenoxy) is 1. The maximum atomic E-state index is 5.23. The van der Waals surface area contributed by atoms with Crippen LogP contribution in [0, 0.1) is 5.92 Å². The number of aromatic nitrogens is 1. The van der Waals surface area contributed by atoms with Gasteiger partial charge in [0, 0.05) is 12.2 Å². The Balaban J connectivity index is 2.86. The van der Waals surface area contributed by atoms with Crippen molar-refractivity contribution in [1.82, 2.24) is 10.3 Å². The number of hydrogen-bond donors (Lipinski definition) is 1. The average Bonchev–Trinajstić information content (AvgIpc) is 2.39. The van der Waals surface area contributed by atoms with Crippen LogP contribution < -0.4 is 10.1 Å². The molecule has 3 heteroatoms. The molecule has 17 heavy (non-hydrogen) atoms. The Morgan fingerprint density at radius 1 is 1.35 bits per heavy atom. The Kier molecular flexibility index (Phi) is 5.98. The molecule has 2 atom stereocenters. The molecule has 0 bridgehead atoms. The third-order valence-electron chi connectivity index (χ3n) is 3.16. The van der Waals surface area contributed by atoms with E-state index in [1.165, 1.54) is 5.56 Å². The quantitative estimate of drug-likeness (QED) is 0.789. The van der Waals surface area contributed by atoms with Gasteiger partial charge in [-0.15, -0.1) is 0 Å². The molecule has 1 aromatic heterocycles. The molecule has 1 rings (SSSR count). The fourth-order valence-corrected chi connectivity index (χ4v) is 1.90. The van der Waals surface area contributed by atoms with E-state index >= 15 is 0 Å². The number of methoxy groups -OCH3 is 1. The van der Waals surface area contributed by atoms with Crippen LogP contribution in [0.25, 0.3) is 0 Å². The Morgan fingerprint density at radius 3 is 2.71 bits per heavy atom. The van der Waals surface area contributed by atoms with E-state index in [0.29, 0.717) is 12.0 Å². The molecule has 1 N–H and O–H groups in total. The van der Waals surface area contributed by atoms with E-state index < -0.39 is 0 Å². The fourth-order valence-electron chi connectivity index (χ4n) is 1.90. The van der Waals surface area contributed by atoms with Gasteiger partial charge in [-0.1, -0.05) is 27.2 Å². The summed E-state index contributed by atoms with van der Waals surface area (Å²) in [6.07, 6.45) is 5.97. The number of nitrogens with one attached hydrogen (secondary N) is 1. The maximum Gasteiger partial charge on any atom is 0.137 e. The minimum Gasteiger partial charge on any atom is -0.495 e. The molecule has 0 fully saturated rings. The zero-order chi connectivity index (χ0) is 12.7. The first-order valence-corrected chi connectivity index (χ1v) is 6.45. The van der Waals surface area contributed by atoms with E-state index in [1.807, 2.05) is 6.20 Å². The normalized spacial score (nSPS) is 14.4. The second kappa shape index (κ2) is 7.28. The third kappa shape index (κ3) is 4.00. The monoisotopic (exact) mass is 236 g/mol. The second-order valence-corrected chi connectivity index (χ2v) is 4.48. The Bertz CT molecular complexity index is 328. The fraction of sp³-hybridized carbons (Fsp3) is 0.643. The van der Waals surface area contributed by atoms with Gasteiger partial charge in [0.25, 0.3) is 0 Å². The molecule has 0 aromatic carbocycles. The number of rotatable bonds is 7. The third-order valence-corrected chi connectivity index (χ3v) is 3.16. The molecule has 3 nitrogen and oxygen atoms in total. The summed E-state index contributed by atoms with van der Waals surface area (Å²) in [5.41, 5.74) is 1.21. The van der Waals surface area contributed by atoms with Gasteiger partial charge in [-0.3, -0.25) is 4.98 Å². The van der Waals surface area contributed by atoms with Crippen molar-refractivity contribution in [1.29, 1.82) is 0 Å². The van der Waals surface area contributed by atoms with E-state index in [2.05, 4.69) is 37.1 Å². The maximum absolute atomic E-state index is 5.23. The molecule has 0 amide bonds. The van der Waals surface area contributed by atoms with Crippen molar-refractivity contribution in [3.63, 3.8) is 0 Å². The number of pyridine rings is 1. The molecule has 0 saturated carbocycles. The van der Waals surface area contributed by atoms with Gasteiger partial charge in [-0.05, 0) is 30.5 Å². The minimum absolute atomic E-state index is 0.363. The smallest absolute Gasteiger partial charge is 0.137 e.